The van der Waals surface area contributed by atoms with Crippen LogP contribution in [0.15, 0.2) is 24.3 Å². The lowest BCUT2D eigenvalue weighted by Gasteiger charge is -2.45. The molecule has 2 aliphatic carbocycles. The van der Waals surface area contributed by atoms with Crippen molar-refractivity contribution in [3.63, 3.8) is 0 Å². The van der Waals surface area contributed by atoms with Gasteiger partial charge >= 0.3 is 0 Å². The smallest absolute Gasteiger partial charge is 0.268 e. The van der Waals surface area contributed by atoms with Gasteiger partial charge in [0.25, 0.3) is 5.70 Å². The van der Waals surface area contributed by atoms with Crippen LogP contribution in [0.5, 0.6) is 0 Å². The zero-order valence-corrected chi connectivity index (χ0v) is 22.6. The molecule has 0 atom stereocenters. The third-order valence-electron chi connectivity index (χ3n) is 10.0. The standard InChI is InChI=1S/C32H42F2N4/c1-36-31(22-35)27-2-4-28(5-3-27)32(37-18-14-25(15-19-37)23-6-10-29(33)11-7-23)38-20-16-26(17-21-38)24-8-12-30(34)13-9-24/h2-5,23-26,29-30H,6-21H2. The largest absolute Gasteiger partial charge is 0.358 e. The maximum absolute atomic E-state index is 13.7. The van der Waals surface area contributed by atoms with Crippen LogP contribution in [0.2, 0.25) is 0 Å². The van der Waals surface area contributed by atoms with Crippen LogP contribution in [0.25, 0.3) is 16.4 Å². The van der Waals surface area contributed by atoms with Crippen LogP contribution in [0.4, 0.5) is 8.78 Å². The predicted octanol–water partition coefficient (Wildman–Crippen LogP) is 5.78. The van der Waals surface area contributed by atoms with E-state index in [0.717, 1.165) is 108 Å². The van der Waals surface area contributed by atoms with Gasteiger partial charge < -0.3 is 9.80 Å². The maximum atomic E-state index is 13.7. The molecule has 0 radical (unpaired) electrons. The topological polar surface area (TPSA) is 34.6 Å². The Labute approximate surface area is 226 Å². The number of hydrogen-bond donors (Lipinski definition) is 0. The van der Waals surface area contributed by atoms with Gasteiger partial charge in [-0.2, -0.15) is 0 Å². The summed E-state index contributed by atoms with van der Waals surface area (Å²) in [6, 6.07) is 9.99. The van der Waals surface area contributed by atoms with E-state index in [1.165, 1.54) is 5.82 Å². The van der Waals surface area contributed by atoms with Crippen LogP contribution in [-0.4, -0.2) is 48.3 Å². The Morgan fingerprint density at radius 1 is 0.658 bits per heavy atom. The molecular formula is C32H42F2N4. The van der Waals surface area contributed by atoms with Crippen molar-refractivity contribution in [1.82, 2.24) is 9.80 Å². The minimum absolute atomic E-state index is 0.130. The van der Waals surface area contributed by atoms with Gasteiger partial charge in [-0.1, -0.05) is 24.3 Å². The van der Waals surface area contributed by atoms with Crippen LogP contribution >= 0.6 is 0 Å². The van der Waals surface area contributed by atoms with Gasteiger partial charge in [-0.3, -0.25) is 0 Å². The molecule has 0 spiro atoms. The summed E-state index contributed by atoms with van der Waals surface area (Å²) < 4.78 is 27.4. The summed E-state index contributed by atoms with van der Waals surface area (Å²) in [5.74, 6) is 4.04. The van der Waals surface area contributed by atoms with E-state index >= 15 is 0 Å². The van der Waals surface area contributed by atoms with Crippen LogP contribution in [0.3, 0.4) is 0 Å². The van der Waals surface area contributed by atoms with Gasteiger partial charge in [0.15, 0.2) is 0 Å². The van der Waals surface area contributed by atoms with E-state index in [1.807, 2.05) is 18.2 Å². The van der Waals surface area contributed by atoms with Crippen LogP contribution in [-0.2, 0) is 0 Å². The summed E-state index contributed by atoms with van der Waals surface area (Å²) in [5.41, 5.74) is 0.130. The molecule has 2 saturated heterocycles. The lowest BCUT2D eigenvalue weighted by molar-refractivity contribution is 0.100. The fourth-order valence-corrected chi connectivity index (χ4v) is 7.76. The van der Waals surface area contributed by atoms with Crippen molar-refractivity contribution in [2.24, 2.45) is 23.7 Å². The second-order valence-electron chi connectivity index (χ2n) is 12.1. The van der Waals surface area contributed by atoms with E-state index in [1.54, 1.807) is 0 Å². The first-order chi connectivity index (χ1) is 18.6. The number of benzene rings is 1. The molecule has 4 aliphatic rings. The zero-order chi connectivity index (χ0) is 26.5. The van der Waals surface area contributed by atoms with Crippen LogP contribution in [0, 0.1) is 41.6 Å². The Morgan fingerprint density at radius 2 is 1.03 bits per heavy atom. The molecule has 4 nitrogen and oxygen atoms in total. The quantitative estimate of drug-likeness (QED) is 0.472. The summed E-state index contributed by atoms with van der Waals surface area (Å²) in [7, 11) is 0. The van der Waals surface area contributed by atoms with Crippen LogP contribution < -0.4 is 10.4 Å². The number of hydrogen-bond acceptors (Lipinski definition) is 3. The lowest BCUT2D eigenvalue weighted by atomic mass is 9.75. The van der Waals surface area contributed by atoms with Crippen molar-refractivity contribution < 1.29 is 8.78 Å². The average Bonchev–Trinajstić information content (AvgIpc) is 2.96. The van der Waals surface area contributed by atoms with Gasteiger partial charge in [-0.05, 0) is 106 Å². The molecule has 204 valence electrons. The number of alkyl halides is 2. The van der Waals surface area contributed by atoms with Gasteiger partial charge in [0.05, 0.1) is 12.6 Å². The molecule has 1 aromatic rings. The molecule has 4 fully saturated rings. The van der Waals surface area contributed by atoms with Gasteiger partial charge in [-0.15, -0.1) is 0 Å². The van der Waals surface area contributed by atoms with Gasteiger partial charge in [-0.25, -0.2) is 18.9 Å². The minimum Gasteiger partial charge on any atom is -0.358 e. The fourth-order valence-electron chi connectivity index (χ4n) is 7.76. The van der Waals surface area contributed by atoms with E-state index in [9.17, 15) is 14.0 Å². The normalized spacial score (nSPS) is 29.4. The second-order valence-corrected chi connectivity index (χ2v) is 12.1. The molecule has 0 N–H and O–H groups in total. The van der Waals surface area contributed by atoms with Crippen molar-refractivity contribution >= 4 is 11.5 Å². The van der Waals surface area contributed by atoms with Gasteiger partial charge in [0.1, 0.15) is 18.2 Å². The van der Waals surface area contributed by atoms with Crippen molar-refractivity contribution in [1.29, 1.82) is 5.26 Å². The molecule has 2 saturated carbocycles. The first-order valence-electron chi connectivity index (χ1n) is 15.0. The molecule has 6 heteroatoms. The minimum atomic E-state index is -0.592. The monoisotopic (exact) mass is 520 g/mol. The molecular weight excluding hydrogens is 478 g/mol. The zero-order valence-electron chi connectivity index (χ0n) is 22.6. The third-order valence-corrected chi connectivity index (χ3v) is 10.0. The number of rotatable bonds is 4. The third kappa shape index (κ3) is 6.17. The molecule has 0 amide bonds. The summed E-state index contributed by atoms with van der Waals surface area (Å²) >= 11 is 0. The molecule has 2 heterocycles. The molecule has 0 aromatic heterocycles. The first-order valence-corrected chi connectivity index (χ1v) is 15.0. The number of nitrogens with zero attached hydrogens (tertiary/aromatic N) is 4. The van der Waals surface area contributed by atoms with E-state index in [-0.39, 0.29) is 5.70 Å². The molecule has 2 aliphatic heterocycles. The number of piperidine rings is 2. The number of nitriles is 1. The second kappa shape index (κ2) is 12.5. The molecule has 38 heavy (non-hydrogen) atoms. The van der Waals surface area contributed by atoms with E-state index in [0.29, 0.717) is 28.9 Å². The average molecular weight is 521 g/mol. The summed E-state index contributed by atoms with van der Waals surface area (Å²) in [6.45, 7) is 11.4. The summed E-state index contributed by atoms with van der Waals surface area (Å²) in [6.07, 6.45) is 10.6. The fraction of sp³-hybridized carbons (Fsp3) is 0.688. The van der Waals surface area contributed by atoms with Crippen molar-refractivity contribution in [2.45, 2.75) is 89.4 Å². The molecule has 0 bridgehead atoms. The lowest BCUT2D eigenvalue weighted by Crippen LogP contribution is -2.46. The molecule has 5 rings (SSSR count). The number of likely N-dealkylation sites (tertiary alicyclic amines) is 2. The van der Waals surface area contributed by atoms with E-state index in [4.69, 9.17) is 6.57 Å². The maximum Gasteiger partial charge on any atom is 0.268 e. The Hall–Kier alpha value is -2.60. The van der Waals surface area contributed by atoms with Crippen LogP contribution in [0.1, 0.15) is 77.0 Å². The molecule has 1 aromatic carbocycles. The van der Waals surface area contributed by atoms with E-state index in [2.05, 4.69) is 26.8 Å². The summed E-state index contributed by atoms with van der Waals surface area (Å²) in [4.78, 5) is 8.50. The Morgan fingerprint density at radius 3 is 1.39 bits per heavy atom. The molecule has 0 unspecified atom stereocenters. The number of halogens is 2. The Balaban J connectivity index is 1.33. The van der Waals surface area contributed by atoms with Gasteiger partial charge in [0, 0.05) is 31.4 Å². The highest BCUT2D eigenvalue weighted by molar-refractivity contribution is 5.65. The van der Waals surface area contributed by atoms with Crippen molar-refractivity contribution in [3.05, 3.63) is 46.1 Å². The first kappa shape index (κ1) is 27.0. The highest BCUT2D eigenvalue weighted by atomic mass is 19.1. The SMILES string of the molecule is [C-]#[N+]C(C#N)=c1ccc(=C(N2CCC(C3CCC(F)CC3)CC2)N2CCC(C3CCC(F)CC3)CC2)cc1. The Kier molecular flexibility index (Phi) is 8.88. The summed E-state index contributed by atoms with van der Waals surface area (Å²) in [5, 5.41) is 11.1. The Bertz CT molecular complexity index is 1050. The van der Waals surface area contributed by atoms with Crippen molar-refractivity contribution in [2.75, 3.05) is 26.2 Å². The predicted molar refractivity (Wildman–Crippen MR) is 147 cm³/mol. The highest BCUT2D eigenvalue weighted by Gasteiger charge is 2.34. The van der Waals surface area contributed by atoms with E-state index < -0.39 is 12.3 Å². The van der Waals surface area contributed by atoms with Crippen molar-refractivity contribution in [3.8, 4) is 6.07 Å². The highest BCUT2D eigenvalue weighted by Crippen LogP contribution is 2.39. The van der Waals surface area contributed by atoms with Gasteiger partial charge in [0.2, 0.25) is 0 Å².